The van der Waals surface area contributed by atoms with Crippen LogP contribution in [0.4, 0.5) is 5.69 Å². The Bertz CT molecular complexity index is 1020. The fraction of sp³-hybridized carbons (Fsp3) is 0. The van der Waals surface area contributed by atoms with Crippen LogP contribution in [-0.4, -0.2) is 27.0 Å². The zero-order chi connectivity index (χ0) is 17.1. The number of nitrogens with one attached hydrogen (secondary N) is 3. The molecule has 8 nitrogen and oxygen atoms in total. The SMILES string of the molecule is O=C(N/N=C\c1cccc([N+](=O)[O-])c1)c1ccc2[nH]c(=S)[nH]c2c1. The van der Waals surface area contributed by atoms with Gasteiger partial charge in [-0.15, -0.1) is 0 Å². The molecule has 3 N–H and O–H groups in total. The molecule has 0 spiro atoms. The van der Waals surface area contributed by atoms with Crippen molar-refractivity contribution in [3.8, 4) is 0 Å². The van der Waals surface area contributed by atoms with Gasteiger partial charge in [-0.1, -0.05) is 12.1 Å². The van der Waals surface area contributed by atoms with Crippen molar-refractivity contribution in [2.75, 3.05) is 0 Å². The highest BCUT2D eigenvalue weighted by Gasteiger charge is 2.07. The molecule has 2 aromatic carbocycles. The highest BCUT2D eigenvalue weighted by Crippen LogP contribution is 2.13. The third-order valence-electron chi connectivity index (χ3n) is 3.24. The minimum Gasteiger partial charge on any atom is -0.331 e. The Labute approximate surface area is 140 Å². The van der Waals surface area contributed by atoms with E-state index in [0.717, 1.165) is 11.0 Å². The summed E-state index contributed by atoms with van der Waals surface area (Å²) in [7, 11) is 0. The number of aromatic nitrogens is 2. The van der Waals surface area contributed by atoms with Crippen molar-refractivity contribution in [1.82, 2.24) is 15.4 Å². The van der Waals surface area contributed by atoms with E-state index in [4.69, 9.17) is 12.2 Å². The number of hydrogen-bond acceptors (Lipinski definition) is 5. The Hall–Kier alpha value is -3.33. The Kier molecular flexibility index (Phi) is 4.17. The number of nitrogens with zero attached hydrogens (tertiary/aromatic N) is 2. The Morgan fingerprint density at radius 3 is 2.79 bits per heavy atom. The maximum Gasteiger partial charge on any atom is 0.271 e. The van der Waals surface area contributed by atoms with Crippen molar-refractivity contribution >= 4 is 41.1 Å². The molecule has 0 unspecified atom stereocenters. The second-order valence-corrected chi connectivity index (χ2v) is 5.30. The molecule has 3 aromatic rings. The maximum absolute atomic E-state index is 12.1. The number of rotatable bonds is 4. The van der Waals surface area contributed by atoms with E-state index in [1.54, 1.807) is 30.3 Å². The molecule has 0 fully saturated rings. The van der Waals surface area contributed by atoms with E-state index < -0.39 is 10.8 Å². The minimum atomic E-state index is -0.494. The van der Waals surface area contributed by atoms with Gasteiger partial charge in [0, 0.05) is 23.3 Å². The summed E-state index contributed by atoms with van der Waals surface area (Å²) in [5.41, 5.74) is 4.77. The average molecular weight is 341 g/mol. The van der Waals surface area contributed by atoms with Gasteiger partial charge in [0.05, 0.1) is 22.2 Å². The number of nitro groups is 1. The highest BCUT2D eigenvalue weighted by molar-refractivity contribution is 7.71. The van der Waals surface area contributed by atoms with Crippen molar-refractivity contribution in [3.63, 3.8) is 0 Å². The summed E-state index contributed by atoms with van der Waals surface area (Å²) in [5, 5.41) is 14.5. The van der Waals surface area contributed by atoms with Crippen LogP contribution >= 0.6 is 12.2 Å². The molecule has 0 aliphatic heterocycles. The minimum absolute atomic E-state index is 0.0431. The number of aromatic amines is 2. The van der Waals surface area contributed by atoms with Crippen molar-refractivity contribution in [3.05, 3.63) is 68.5 Å². The average Bonchev–Trinajstić information content (AvgIpc) is 2.94. The lowest BCUT2D eigenvalue weighted by Gasteiger charge is -2.00. The van der Waals surface area contributed by atoms with Crippen molar-refractivity contribution in [1.29, 1.82) is 0 Å². The van der Waals surface area contributed by atoms with E-state index in [2.05, 4.69) is 20.5 Å². The first-order chi connectivity index (χ1) is 11.5. The normalized spacial score (nSPS) is 11.0. The first-order valence-corrected chi connectivity index (χ1v) is 7.24. The van der Waals surface area contributed by atoms with Crippen LogP contribution in [-0.2, 0) is 0 Å². The number of imidazole rings is 1. The zero-order valence-corrected chi connectivity index (χ0v) is 13.0. The molecule has 0 aliphatic rings. The monoisotopic (exact) mass is 341 g/mol. The molecule has 0 atom stereocenters. The molecule has 120 valence electrons. The smallest absolute Gasteiger partial charge is 0.271 e. The maximum atomic E-state index is 12.1. The van der Waals surface area contributed by atoms with Crippen LogP contribution in [0.5, 0.6) is 0 Å². The van der Waals surface area contributed by atoms with Gasteiger partial charge in [-0.05, 0) is 30.4 Å². The van der Waals surface area contributed by atoms with Gasteiger partial charge in [-0.25, -0.2) is 5.43 Å². The lowest BCUT2D eigenvalue weighted by atomic mass is 10.2. The summed E-state index contributed by atoms with van der Waals surface area (Å²) in [6.07, 6.45) is 1.34. The molecule has 0 aliphatic carbocycles. The summed E-state index contributed by atoms with van der Waals surface area (Å²) in [6, 6.07) is 11.0. The molecule has 0 bridgehead atoms. The number of amides is 1. The number of hydrogen-bond donors (Lipinski definition) is 3. The summed E-state index contributed by atoms with van der Waals surface area (Å²) < 4.78 is 0.478. The Morgan fingerprint density at radius 1 is 1.21 bits per heavy atom. The zero-order valence-electron chi connectivity index (χ0n) is 12.1. The number of benzene rings is 2. The largest absolute Gasteiger partial charge is 0.331 e. The first-order valence-electron chi connectivity index (χ1n) is 6.83. The van der Waals surface area contributed by atoms with Gasteiger partial charge in [0.1, 0.15) is 0 Å². The summed E-state index contributed by atoms with van der Waals surface area (Å²) >= 11 is 4.99. The van der Waals surface area contributed by atoms with Crippen LogP contribution in [0.25, 0.3) is 11.0 Å². The number of non-ortho nitro benzene ring substituents is 1. The van der Waals surface area contributed by atoms with E-state index in [0.29, 0.717) is 15.9 Å². The van der Waals surface area contributed by atoms with Crippen molar-refractivity contribution in [2.24, 2.45) is 5.10 Å². The predicted molar refractivity (Wildman–Crippen MR) is 91.6 cm³/mol. The molecule has 0 saturated carbocycles. The number of H-pyrrole nitrogens is 2. The molecular weight excluding hydrogens is 330 g/mol. The second-order valence-electron chi connectivity index (χ2n) is 4.89. The molecule has 1 aromatic heterocycles. The highest BCUT2D eigenvalue weighted by atomic mass is 32.1. The van der Waals surface area contributed by atoms with Crippen LogP contribution in [0.2, 0.25) is 0 Å². The van der Waals surface area contributed by atoms with E-state index in [1.807, 2.05) is 0 Å². The first kappa shape index (κ1) is 15.6. The fourth-order valence-electron chi connectivity index (χ4n) is 2.12. The van der Waals surface area contributed by atoms with Gasteiger partial charge in [-0.3, -0.25) is 14.9 Å². The summed E-state index contributed by atoms with van der Waals surface area (Å²) in [4.78, 5) is 28.2. The number of fused-ring (bicyclic) bond motifs is 1. The van der Waals surface area contributed by atoms with Crippen LogP contribution < -0.4 is 5.43 Å². The van der Waals surface area contributed by atoms with Gasteiger partial charge in [-0.2, -0.15) is 5.10 Å². The topological polar surface area (TPSA) is 116 Å². The number of carbonyl (C=O) groups is 1. The van der Waals surface area contributed by atoms with Crippen LogP contribution in [0.1, 0.15) is 15.9 Å². The predicted octanol–water partition coefficient (Wildman–Crippen LogP) is 2.90. The molecule has 24 heavy (non-hydrogen) atoms. The van der Waals surface area contributed by atoms with Gasteiger partial charge >= 0.3 is 0 Å². The molecule has 1 heterocycles. The quantitative estimate of drug-likeness (QED) is 0.293. The Balaban J connectivity index is 1.73. The van der Waals surface area contributed by atoms with Gasteiger partial charge in [0.2, 0.25) is 0 Å². The van der Waals surface area contributed by atoms with Crippen LogP contribution in [0, 0.1) is 14.9 Å². The number of nitro benzene ring substituents is 1. The molecule has 3 rings (SSSR count). The fourth-order valence-corrected chi connectivity index (χ4v) is 2.34. The summed E-state index contributed by atoms with van der Waals surface area (Å²) in [5.74, 6) is -0.404. The third kappa shape index (κ3) is 3.36. The van der Waals surface area contributed by atoms with Crippen molar-refractivity contribution in [2.45, 2.75) is 0 Å². The standard InChI is InChI=1S/C15H11N5O3S/c21-14(10-4-5-12-13(7-10)18-15(24)17-12)19-16-8-9-2-1-3-11(6-9)20(22)23/h1-8H,(H,19,21)(H2,17,18,24)/b16-8-. The van der Waals surface area contributed by atoms with Crippen molar-refractivity contribution < 1.29 is 9.72 Å². The van der Waals surface area contributed by atoms with Crippen LogP contribution in [0.3, 0.4) is 0 Å². The number of hydrazone groups is 1. The van der Waals surface area contributed by atoms with Gasteiger partial charge in [0.25, 0.3) is 11.6 Å². The molecule has 9 heteroatoms. The number of carbonyl (C=O) groups excluding carboxylic acids is 1. The van der Waals surface area contributed by atoms with Gasteiger partial charge < -0.3 is 9.97 Å². The molecule has 0 saturated heterocycles. The van der Waals surface area contributed by atoms with E-state index in [-0.39, 0.29) is 5.69 Å². The van der Waals surface area contributed by atoms with E-state index >= 15 is 0 Å². The second kappa shape index (κ2) is 6.42. The third-order valence-corrected chi connectivity index (χ3v) is 3.44. The van der Waals surface area contributed by atoms with E-state index in [9.17, 15) is 14.9 Å². The lowest BCUT2D eigenvalue weighted by Crippen LogP contribution is -2.17. The van der Waals surface area contributed by atoms with Crippen LogP contribution in [0.15, 0.2) is 47.6 Å². The molecular formula is C15H11N5O3S. The Morgan fingerprint density at radius 2 is 2.00 bits per heavy atom. The lowest BCUT2D eigenvalue weighted by molar-refractivity contribution is -0.384. The van der Waals surface area contributed by atoms with Gasteiger partial charge in [0.15, 0.2) is 4.77 Å². The molecule has 1 amide bonds. The van der Waals surface area contributed by atoms with E-state index in [1.165, 1.54) is 18.3 Å². The summed E-state index contributed by atoms with van der Waals surface area (Å²) in [6.45, 7) is 0. The molecule has 0 radical (unpaired) electrons.